The fraction of sp³-hybridized carbons (Fsp3) is 0.444. The van der Waals surface area contributed by atoms with Gasteiger partial charge in [-0.15, -0.1) is 0 Å². The molecule has 0 radical (unpaired) electrons. The molecule has 1 unspecified atom stereocenters. The number of carbonyl (C=O) groups excluding carboxylic acids is 1. The summed E-state index contributed by atoms with van der Waals surface area (Å²) < 4.78 is 52.7. The van der Waals surface area contributed by atoms with Crippen molar-refractivity contribution in [3.8, 4) is 5.75 Å². The molecule has 11 heteroatoms. The molecule has 2 aliphatic rings. The number of hydrogen-bond donors (Lipinski definition) is 2. The molecule has 2 aromatic carbocycles. The number of rotatable bonds is 5. The Morgan fingerprint density at radius 3 is 2.58 bits per heavy atom. The second-order valence-electron chi connectivity index (χ2n) is 9.84. The first-order valence-electron chi connectivity index (χ1n) is 12.6. The van der Waals surface area contributed by atoms with Crippen LogP contribution in [0.25, 0.3) is 10.9 Å². The summed E-state index contributed by atoms with van der Waals surface area (Å²) in [4.78, 5) is 23.2. The smallest absolute Gasteiger partial charge is 0.416 e. The molecule has 0 aliphatic carbocycles. The molecule has 2 aliphatic heterocycles. The van der Waals surface area contributed by atoms with Gasteiger partial charge in [-0.1, -0.05) is 0 Å². The number of aromatic nitrogens is 2. The Bertz CT molecular complexity index is 1390. The van der Waals surface area contributed by atoms with Crippen LogP contribution in [0.2, 0.25) is 0 Å². The molecule has 5 rings (SSSR count). The fourth-order valence-electron chi connectivity index (χ4n) is 5.04. The van der Waals surface area contributed by atoms with Crippen LogP contribution in [0.4, 0.5) is 30.4 Å². The molecule has 0 saturated carbocycles. The lowest BCUT2D eigenvalue weighted by Crippen LogP contribution is -2.36. The van der Waals surface area contributed by atoms with E-state index in [4.69, 9.17) is 14.5 Å². The number of morpholine rings is 1. The van der Waals surface area contributed by atoms with Gasteiger partial charge in [-0.25, -0.2) is 9.97 Å². The van der Waals surface area contributed by atoms with Gasteiger partial charge in [0.25, 0.3) is 0 Å². The highest BCUT2D eigenvalue weighted by Crippen LogP contribution is 2.45. The van der Waals surface area contributed by atoms with Crippen LogP contribution >= 0.6 is 0 Å². The molecule has 2 N–H and O–H groups in total. The first kappa shape index (κ1) is 26.0. The number of aryl methyl sites for hydroxylation is 1. The summed E-state index contributed by atoms with van der Waals surface area (Å²) in [6.45, 7) is 9.49. The van der Waals surface area contributed by atoms with Crippen LogP contribution in [-0.2, 0) is 22.1 Å². The van der Waals surface area contributed by atoms with E-state index < -0.39 is 23.7 Å². The number of nitrogens with one attached hydrogen (secondary N) is 2. The Hall–Kier alpha value is -3.60. The number of benzene rings is 2. The number of ether oxygens (including phenoxy) is 2. The second-order valence-corrected chi connectivity index (χ2v) is 9.84. The minimum atomic E-state index is -4.56. The van der Waals surface area contributed by atoms with E-state index >= 15 is 0 Å². The lowest BCUT2D eigenvalue weighted by molar-refractivity contribution is -0.137. The summed E-state index contributed by atoms with van der Waals surface area (Å²) in [5.74, 6) is 1.43. The van der Waals surface area contributed by atoms with Gasteiger partial charge in [-0.05, 0) is 50.6 Å². The topological polar surface area (TPSA) is 88.6 Å². The Labute approximate surface area is 218 Å². The molecule has 8 nitrogen and oxygen atoms in total. The standard InChI is InChI=1S/C27H30F3N5O3/c1-14-9-21-24-22(13-23(25(21)38-14)35-5-7-37-8-6-35)26(33-16(3)32-24)31-15(2)18-10-19(27(28,29)30)12-20(11-18)34-17(4)36/h10-15H,5-9H2,1-4H3,(H,34,36)(H,31,32,33)/t14?,15-/m1/s1. The zero-order valence-electron chi connectivity index (χ0n) is 21.7. The number of alkyl halides is 3. The highest BCUT2D eigenvalue weighted by molar-refractivity contribution is 5.97. The molecule has 2 atom stereocenters. The highest BCUT2D eigenvalue weighted by atomic mass is 19.4. The zero-order chi connectivity index (χ0) is 27.2. The maximum Gasteiger partial charge on any atom is 0.416 e. The van der Waals surface area contributed by atoms with Crippen molar-refractivity contribution >= 4 is 34.0 Å². The van der Waals surface area contributed by atoms with E-state index in [1.165, 1.54) is 13.0 Å². The first-order valence-corrected chi connectivity index (χ1v) is 12.6. The van der Waals surface area contributed by atoms with E-state index in [0.29, 0.717) is 36.8 Å². The molecule has 3 heterocycles. The predicted molar refractivity (Wildman–Crippen MR) is 139 cm³/mol. The Morgan fingerprint density at radius 2 is 1.89 bits per heavy atom. The van der Waals surface area contributed by atoms with Gasteiger partial charge in [-0.3, -0.25) is 4.79 Å². The van der Waals surface area contributed by atoms with Crippen molar-refractivity contribution in [1.82, 2.24) is 9.97 Å². The number of anilines is 3. The van der Waals surface area contributed by atoms with Crippen LogP contribution in [0, 0.1) is 6.92 Å². The summed E-state index contributed by atoms with van der Waals surface area (Å²) >= 11 is 0. The van der Waals surface area contributed by atoms with Gasteiger partial charge in [-0.2, -0.15) is 13.2 Å². The van der Waals surface area contributed by atoms with Gasteiger partial charge < -0.3 is 25.0 Å². The highest BCUT2D eigenvalue weighted by Gasteiger charge is 2.33. The van der Waals surface area contributed by atoms with Crippen molar-refractivity contribution in [2.45, 2.75) is 52.4 Å². The maximum atomic E-state index is 13.6. The van der Waals surface area contributed by atoms with E-state index in [2.05, 4.69) is 20.5 Å². The molecule has 1 amide bonds. The SMILES string of the molecule is CC(=O)Nc1cc([C@@H](C)Nc2nc(C)nc3c4c(c(N5CCOCC5)cc23)OC(C)C4)cc(C(F)(F)F)c1. The van der Waals surface area contributed by atoms with Crippen LogP contribution < -0.4 is 20.3 Å². The molecule has 0 bridgehead atoms. The molecule has 1 aromatic heterocycles. The first-order chi connectivity index (χ1) is 18.0. The van der Waals surface area contributed by atoms with E-state index in [1.54, 1.807) is 13.8 Å². The van der Waals surface area contributed by atoms with Crippen molar-refractivity contribution in [3.63, 3.8) is 0 Å². The quantitative estimate of drug-likeness (QED) is 0.467. The van der Waals surface area contributed by atoms with Gasteiger partial charge in [0.15, 0.2) is 0 Å². The van der Waals surface area contributed by atoms with Crippen molar-refractivity contribution in [2.24, 2.45) is 0 Å². The van der Waals surface area contributed by atoms with Gasteiger partial charge in [0.05, 0.1) is 36.0 Å². The number of amides is 1. The summed E-state index contributed by atoms with van der Waals surface area (Å²) in [5.41, 5.74) is 2.32. The third kappa shape index (κ3) is 5.20. The summed E-state index contributed by atoms with van der Waals surface area (Å²) in [6, 6.07) is 5.00. The minimum absolute atomic E-state index is 0.00157. The van der Waals surface area contributed by atoms with Gasteiger partial charge in [0.2, 0.25) is 5.91 Å². The Balaban J connectivity index is 1.59. The molecule has 3 aromatic rings. The maximum absolute atomic E-state index is 13.6. The molecule has 1 saturated heterocycles. The third-order valence-corrected chi connectivity index (χ3v) is 6.75. The van der Waals surface area contributed by atoms with E-state index in [-0.39, 0.29) is 11.8 Å². The van der Waals surface area contributed by atoms with E-state index in [0.717, 1.165) is 53.1 Å². The Morgan fingerprint density at radius 1 is 1.16 bits per heavy atom. The van der Waals surface area contributed by atoms with E-state index in [1.807, 2.05) is 13.0 Å². The molecule has 1 fully saturated rings. The molecule has 38 heavy (non-hydrogen) atoms. The predicted octanol–water partition coefficient (Wildman–Crippen LogP) is 5.25. The zero-order valence-corrected chi connectivity index (χ0v) is 21.7. The van der Waals surface area contributed by atoms with Gasteiger partial charge >= 0.3 is 6.18 Å². The second kappa shape index (κ2) is 9.94. The lowest BCUT2D eigenvalue weighted by atomic mass is 10.0. The number of hydrogen-bond acceptors (Lipinski definition) is 7. The fourth-order valence-corrected chi connectivity index (χ4v) is 5.04. The number of carbonyl (C=O) groups is 1. The van der Waals surface area contributed by atoms with E-state index in [9.17, 15) is 18.0 Å². The normalized spacial score (nSPS) is 18.2. The summed E-state index contributed by atoms with van der Waals surface area (Å²) in [6.07, 6.45) is -3.87. The average Bonchev–Trinajstić information content (AvgIpc) is 3.24. The van der Waals surface area contributed by atoms with Crippen LogP contribution in [-0.4, -0.2) is 48.3 Å². The monoisotopic (exact) mass is 529 g/mol. The largest absolute Gasteiger partial charge is 0.488 e. The molecule has 0 spiro atoms. The van der Waals surface area contributed by atoms with Crippen molar-refractivity contribution < 1.29 is 27.4 Å². The van der Waals surface area contributed by atoms with Crippen molar-refractivity contribution in [1.29, 1.82) is 0 Å². The third-order valence-electron chi connectivity index (χ3n) is 6.75. The number of fused-ring (bicyclic) bond motifs is 3. The van der Waals surface area contributed by atoms with Crippen molar-refractivity contribution in [3.05, 3.63) is 46.8 Å². The Kier molecular flexibility index (Phi) is 6.81. The van der Waals surface area contributed by atoms with Crippen molar-refractivity contribution in [2.75, 3.05) is 41.8 Å². The summed E-state index contributed by atoms with van der Waals surface area (Å²) in [7, 11) is 0. The van der Waals surface area contributed by atoms with Gasteiger partial charge in [0.1, 0.15) is 23.5 Å². The van der Waals surface area contributed by atoms with Crippen LogP contribution in [0.5, 0.6) is 5.75 Å². The lowest BCUT2D eigenvalue weighted by Gasteiger charge is -2.30. The average molecular weight is 530 g/mol. The van der Waals surface area contributed by atoms with Crippen LogP contribution in [0.15, 0.2) is 24.3 Å². The molecule has 202 valence electrons. The summed E-state index contributed by atoms with van der Waals surface area (Å²) in [5, 5.41) is 6.56. The number of halogens is 3. The van der Waals surface area contributed by atoms with Gasteiger partial charge in [0, 0.05) is 43.1 Å². The van der Waals surface area contributed by atoms with Crippen LogP contribution in [0.1, 0.15) is 49.3 Å². The number of nitrogens with zero attached hydrogens (tertiary/aromatic N) is 3. The van der Waals surface area contributed by atoms with Crippen LogP contribution in [0.3, 0.4) is 0 Å². The molecular weight excluding hydrogens is 499 g/mol. The molecular formula is C27H30F3N5O3. The minimum Gasteiger partial charge on any atom is -0.488 e.